The van der Waals surface area contributed by atoms with Crippen molar-refractivity contribution in [2.75, 3.05) is 6.54 Å². The van der Waals surface area contributed by atoms with Crippen molar-refractivity contribution < 1.29 is 0 Å². The van der Waals surface area contributed by atoms with Gasteiger partial charge in [-0.3, -0.25) is 0 Å². The van der Waals surface area contributed by atoms with E-state index in [9.17, 15) is 0 Å². The molecule has 78 valence electrons. The van der Waals surface area contributed by atoms with Crippen molar-refractivity contribution in [2.24, 2.45) is 11.3 Å². The molecule has 13 heavy (non-hydrogen) atoms. The van der Waals surface area contributed by atoms with Crippen LogP contribution in [0.3, 0.4) is 0 Å². The Labute approximate surface area is 83.3 Å². The molecule has 1 saturated carbocycles. The van der Waals surface area contributed by atoms with Crippen molar-refractivity contribution in [3.05, 3.63) is 0 Å². The van der Waals surface area contributed by atoms with Crippen LogP contribution < -0.4 is 5.32 Å². The predicted molar refractivity (Wildman–Crippen MR) is 58.9 cm³/mol. The second-order valence-corrected chi connectivity index (χ2v) is 5.67. The maximum atomic E-state index is 3.54. The van der Waals surface area contributed by atoms with Crippen LogP contribution in [0.15, 0.2) is 0 Å². The van der Waals surface area contributed by atoms with E-state index in [1.54, 1.807) is 0 Å². The summed E-state index contributed by atoms with van der Waals surface area (Å²) in [7, 11) is 0. The van der Waals surface area contributed by atoms with Crippen LogP contribution in [0.1, 0.15) is 53.4 Å². The quantitative estimate of drug-likeness (QED) is 0.708. The van der Waals surface area contributed by atoms with Crippen LogP contribution in [-0.4, -0.2) is 12.6 Å². The molecule has 0 radical (unpaired) electrons. The maximum Gasteiger partial charge on any atom is 0.00104 e. The Bertz CT molecular complexity index is 136. The molecule has 0 aromatic heterocycles. The smallest absolute Gasteiger partial charge is 0.00104 e. The molecule has 0 saturated heterocycles. The molecule has 0 amide bonds. The normalized spacial score (nSPS) is 23.8. The first kappa shape index (κ1) is 11.0. The molecule has 0 bridgehead atoms. The van der Waals surface area contributed by atoms with E-state index in [0.29, 0.717) is 11.5 Å². The van der Waals surface area contributed by atoms with Gasteiger partial charge in [0.1, 0.15) is 0 Å². The van der Waals surface area contributed by atoms with Crippen molar-refractivity contribution >= 4 is 0 Å². The standard InChI is InChI=1S/C12H25N/c1-10(2)13-9-11-5-7-12(3,4)8-6-11/h10-11,13H,5-9H2,1-4H3. The molecule has 0 unspecified atom stereocenters. The van der Waals surface area contributed by atoms with E-state index in [0.717, 1.165) is 5.92 Å². The highest BCUT2D eigenvalue weighted by Gasteiger charge is 2.26. The number of hydrogen-bond acceptors (Lipinski definition) is 1. The minimum Gasteiger partial charge on any atom is -0.314 e. The van der Waals surface area contributed by atoms with Gasteiger partial charge < -0.3 is 5.32 Å². The highest BCUT2D eigenvalue weighted by Crippen LogP contribution is 2.37. The molecule has 0 aromatic rings. The Hall–Kier alpha value is -0.0400. The summed E-state index contributed by atoms with van der Waals surface area (Å²) in [5.74, 6) is 0.940. The minimum atomic E-state index is 0.619. The molecule has 1 N–H and O–H groups in total. The van der Waals surface area contributed by atoms with Crippen molar-refractivity contribution in [1.82, 2.24) is 5.32 Å². The Morgan fingerprint density at radius 2 is 1.77 bits per heavy atom. The zero-order chi connectivity index (χ0) is 9.90. The van der Waals surface area contributed by atoms with E-state index in [2.05, 4.69) is 33.0 Å². The fraction of sp³-hybridized carbons (Fsp3) is 1.00. The summed E-state index contributed by atoms with van der Waals surface area (Å²) in [5, 5.41) is 3.54. The van der Waals surface area contributed by atoms with Gasteiger partial charge in [-0.05, 0) is 43.6 Å². The molecule has 0 aromatic carbocycles. The van der Waals surface area contributed by atoms with Gasteiger partial charge in [0.05, 0.1) is 0 Å². The molecule has 1 rings (SSSR count). The summed E-state index contributed by atoms with van der Waals surface area (Å²) in [6.07, 6.45) is 5.67. The van der Waals surface area contributed by atoms with Gasteiger partial charge in [-0.25, -0.2) is 0 Å². The first-order valence-corrected chi connectivity index (χ1v) is 5.73. The van der Waals surface area contributed by atoms with Gasteiger partial charge in [0.15, 0.2) is 0 Å². The Morgan fingerprint density at radius 1 is 1.23 bits per heavy atom. The average Bonchev–Trinajstić information content (AvgIpc) is 2.02. The maximum absolute atomic E-state index is 3.54. The van der Waals surface area contributed by atoms with E-state index >= 15 is 0 Å². The molecule has 1 heteroatoms. The summed E-state index contributed by atoms with van der Waals surface area (Å²) in [6, 6.07) is 0.648. The zero-order valence-electron chi connectivity index (χ0n) is 9.69. The molecule has 0 aliphatic heterocycles. The van der Waals surface area contributed by atoms with Gasteiger partial charge in [0.25, 0.3) is 0 Å². The molecule has 0 spiro atoms. The lowest BCUT2D eigenvalue weighted by molar-refractivity contribution is 0.187. The molecular weight excluding hydrogens is 158 g/mol. The number of rotatable bonds is 3. The zero-order valence-corrected chi connectivity index (χ0v) is 9.69. The van der Waals surface area contributed by atoms with Gasteiger partial charge in [-0.15, -0.1) is 0 Å². The van der Waals surface area contributed by atoms with E-state index in [1.165, 1.54) is 32.2 Å². The van der Waals surface area contributed by atoms with Crippen LogP contribution in [0.4, 0.5) is 0 Å². The number of nitrogens with one attached hydrogen (secondary N) is 1. The summed E-state index contributed by atoms with van der Waals surface area (Å²) >= 11 is 0. The van der Waals surface area contributed by atoms with Crippen LogP contribution >= 0.6 is 0 Å². The van der Waals surface area contributed by atoms with E-state index in [-0.39, 0.29) is 0 Å². The fourth-order valence-corrected chi connectivity index (χ4v) is 2.07. The van der Waals surface area contributed by atoms with E-state index < -0.39 is 0 Å². The second kappa shape index (κ2) is 4.45. The van der Waals surface area contributed by atoms with Gasteiger partial charge in [0, 0.05) is 6.04 Å². The molecule has 1 fully saturated rings. The van der Waals surface area contributed by atoms with Crippen LogP contribution in [0.25, 0.3) is 0 Å². The third-order valence-corrected chi connectivity index (χ3v) is 3.27. The molecule has 0 atom stereocenters. The number of hydrogen-bond donors (Lipinski definition) is 1. The highest BCUT2D eigenvalue weighted by molar-refractivity contribution is 4.79. The molecule has 1 aliphatic rings. The Balaban J connectivity index is 2.18. The molecule has 1 nitrogen and oxygen atoms in total. The highest BCUT2D eigenvalue weighted by atomic mass is 14.9. The SMILES string of the molecule is CC(C)NCC1CCC(C)(C)CC1. The lowest BCUT2D eigenvalue weighted by Crippen LogP contribution is -2.32. The van der Waals surface area contributed by atoms with Crippen LogP contribution in [-0.2, 0) is 0 Å². The van der Waals surface area contributed by atoms with Crippen molar-refractivity contribution in [1.29, 1.82) is 0 Å². The topological polar surface area (TPSA) is 12.0 Å². The first-order valence-electron chi connectivity index (χ1n) is 5.73. The summed E-state index contributed by atoms with van der Waals surface area (Å²) in [6.45, 7) is 10.5. The lowest BCUT2D eigenvalue weighted by Gasteiger charge is -2.34. The fourth-order valence-electron chi connectivity index (χ4n) is 2.07. The summed E-state index contributed by atoms with van der Waals surface area (Å²) < 4.78 is 0. The van der Waals surface area contributed by atoms with Crippen molar-refractivity contribution in [2.45, 2.75) is 59.4 Å². The van der Waals surface area contributed by atoms with Crippen molar-refractivity contribution in [3.8, 4) is 0 Å². The van der Waals surface area contributed by atoms with E-state index in [1.807, 2.05) is 0 Å². The average molecular weight is 183 g/mol. The first-order chi connectivity index (χ1) is 5.99. The van der Waals surface area contributed by atoms with Gasteiger partial charge >= 0.3 is 0 Å². The summed E-state index contributed by atoms with van der Waals surface area (Å²) in [5.41, 5.74) is 0.619. The lowest BCUT2D eigenvalue weighted by atomic mass is 9.73. The monoisotopic (exact) mass is 183 g/mol. The van der Waals surface area contributed by atoms with Gasteiger partial charge in [-0.1, -0.05) is 27.7 Å². The van der Waals surface area contributed by atoms with Crippen LogP contribution in [0, 0.1) is 11.3 Å². The van der Waals surface area contributed by atoms with Crippen LogP contribution in [0.2, 0.25) is 0 Å². The Kier molecular flexibility index (Phi) is 3.78. The van der Waals surface area contributed by atoms with E-state index in [4.69, 9.17) is 0 Å². The largest absolute Gasteiger partial charge is 0.314 e. The molecule has 1 aliphatic carbocycles. The minimum absolute atomic E-state index is 0.619. The van der Waals surface area contributed by atoms with Crippen molar-refractivity contribution in [3.63, 3.8) is 0 Å². The third-order valence-electron chi connectivity index (χ3n) is 3.27. The van der Waals surface area contributed by atoms with Gasteiger partial charge in [-0.2, -0.15) is 0 Å². The molecule has 0 heterocycles. The second-order valence-electron chi connectivity index (χ2n) is 5.67. The Morgan fingerprint density at radius 3 is 2.23 bits per heavy atom. The van der Waals surface area contributed by atoms with Gasteiger partial charge in [0.2, 0.25) is 0 Å². The predicted octanol–water partition coefficient (Wildman–Crippen LogP) is 3.20. The summed E-state index contributed by atoms with van der Waals surface area (Å²) in [4.78, 5) is 0. The third kappa shape index (κ3) is 4.12. The molecular formula is C12H25N. The van der Waals surface area contributed by atoms with Crippen LogP contribution in [0.5, 0.6) is 0 Å².